The first-order valence-electron chi connectivity index (χ1n) is 11.2. The van der Waals surface area contributed by atoms with E-state index in [1.54, 1.807) is 0 Å². The molecule has 2 amide bonds. The van der Waals surface area contributed by atoms with Crippen LogP contribution in [0.3, 0.4) is 0 Å². The quantitative estimate of drug-likeness (QED) is 0.521. The zero-order chi connectivity index (χ0) is 25.3. The van der Waals surface area contributed by atoms with Crippen molar-refractivity contribution >= 4 is 23.4 Å². The van der Waals surface area contributed by atoms with Crippen molar-refractivity contribution in [3.8, 4) is 5.75 Å². The molecule has 0 atom stereocenters. The molecule has 3 fully saturated rings. The number of carbonyl (C=O) groups is 2. The number of hydrogen-bond donors (Lipinski definition) is 2. The summed E-state index contributed by atoms with van der Waals surface area (Å²) in [5.74, 6) is -0.906. The van der Waals surface area contributed by atoms with Crippen LogP contribution in [0.2, 0.25) is 5.02 Å². The Hall–Kier alpha value is -2.88. The van der Waals surface area contributed by atoms with E-state index in [4.69, 9.17) is 16.3 Å². The topological polar surface area (TPSA) is 80.3 Å². The van der Waals surface area contributed by atoms with Crippen molar-refractivity contribution in [3.05, 3.63) is 58.6 Å². The van der Waals surface area contributed by atoms with Gasteiger partial charge in [-0.1, -0.05) is 11.6 Å². The minimum absolute atomic E-state index is 0.0340. The molecule has 0 saturated heterocycles. The first kappa shape index (κ1) is 25.2. The highest BCUT2D eigenvalue weighted by Gasteiger charge is 2.52. The molecule has 3 aliphatic carbocycles. The summed E-state index contributed by atoms with van der Waals surface area (Å²) in [4.78, 5) is 29.2. The van der Waals surface area contributed by atoms with E-state index < -0.39 is 28.5 Å². The molecule has 0 unspecified atom stereocenters. The molecule has 188 valence electrons. The van der Waals surface area contributed by atoms with Gasteiger partial charge in [0.1, 0.15) is 11.6 Å². The van der Waals surface area contributed by atoms with Gasteiger partial charge < -0.3 is 15.4 Å². The van der Waals surface area contributed by atoms with Gasteiger partial charge in [0, 0.05) is 23.2 Å². The Morgan fingerprint density at radius 3 is 2.31 bits per heavy atom. The highest BCUT2D eigenvalue weighted by molar-refractivity contribution is 6.30. The van der Waals surface area contributed by atoms with Gasteiger partial charge in [-0.15, -0.1) is 0 Å². The zero-order valence-electron chi connectivity index (χ0n) is 18.7. The molecule has 35 heavy (non-hydrogen) atoms. The van der Waals surface area contributed by atoms with E-state index >= 15 is 0 Å². The molecular formula is C24H24ClF4N3O3. The van der Waals surface area contributed by atoms with Crippen LogP contribution in [0.15, 0.2) is 36.5 Å². The van der Waals surface area contributed by atoms with Crippen molar-refractivity contribution in [1.82, 2.24) is 15.6 Å². The van der Waals surface area contributed by atoms with E-state index in [9.17, 15) is 27.2 Å². The average molecular weight is 514 g/mol. The number of hydrogen-bond acceptors (Lipinski definition) is 4. The number of nitrogens with zero attached hydrogens (tertiary/aromatic N) is 1. The maximum Gasteiger partial charge on any atom is 0.417 e. The van der Waals surface area contributed by atoms with E-state index in [0.717, 1.165) is 18.3 Å². The van der Waals surface area contributed by atoms with Crippen molar-refractivity contribution in [3.63, 3.8) is 0 Å². The van der Waals surface area contributed by atoms with Gasteiger partial charge in [0.2, 0.25) is 5.91 Å². The van der Waals surface area contributed by atoms with Crippen LogP contribution in [0.4, 0.5) is 17.6 Å². The fourth-order valence-electron chi connectivity index (χ4n) is 4.82. The second kappa shape index (κ2) is 9.64. The molecular weight excluding hydrogens is 490 g/mol. The number of ether oxygens (including phenoxy) is 1. The molecule has 1 heterocycles. The number of amides is 2. The number of benzene rings is 1. The lowest BCUT2D eigenvalue weighted by Gasteiger charge is -2.52. The summed E-state index contributed by atoms with van der Waals surface area (Å²) < 4.78 is 56.9. The molecule has 2 N–H and O–H groups in total. The van der Waals surface area contributed by atoms with Crippen molar-refractivity contribution in [2.45, 2.75) is 56.8 Å². The van der Waals surface area contributed by atoms with Gasteiger partial charge in [-0.25, -0.2) is 4.39 Å². The number of fused-ring (bicyclic) bond motifs is 3. The van der Waals surface area contributed by atoms with Crippen LogP contribution >= 0.6 is 11.6 Å². The van der Waals surface area contributed by atoms with Gasteiger partial charge in [-0.3, -0.25) is 14.6 Å². The third-order valence-electron chi connectivity index (χ3n) is 6.98. The van der Waals surface area contributed by atoms with Crippen LogP contribution in [0.25, 0.3) is 0 Å². The third-order valence-corrected chi connectivity index (χ3v) is 7.28. The number of aromatic nitrogens is 1. The first-order chi connectivity index (χ1) is 16.5. The van der Waals surface area contributed by atoms with E-state index in [2.05, 4.69) is 15.6 Å². The third kappa shape index (κ3) is 5.69. The van der Waals surface area contributed by atoms with Crippen molar-refractivity contribution in [2.75, 3.05) is 6.61 Å². The Kier molecular flexibility index (Phi) is 6.95. The molecule has 1 aromatic carbocycles. The Morgan fingerprint density at radius 1 is 1.06 bits per heavy atom. The summed E-state index contributed by atoms with van der Waals surface area (Å²) in [6.45, 7) is -0.224. The van der Waals surface area contributed by atoms with E-state index in [1.165, 1.54) is 18.2 Å². The minimum Gasteiger partial charge on any atom is -0.484 e. The van der Waals surface area contributed by atoms with Gasteiger partial charge in [0.25, 0.3) is 5.91 Å². The van der Waals surface area contributed by atoms with Crippen LogP contribution < -0.4 is 15.4 Å². The number of nitrogens with one attached hydrogen (secondary N) is 2. The van der Waals surface area contributed by atoms with Crippen LogP contribution in [0, 0.1) is 11.2 Å². The number of rotatable bonds is 7. The largest absolute Gasteiger partial charge is 0.484 e. The lowest BCUT2D eigenvalue weighted by atomic mass is 9.57. The molecule has 6 nitrogen and oxygen atoms in total. The summed E-state index contributed by atoms with van der Waals surface area (Å²) in [6, 6.07) is 6.14. The lowest BCUT2D eigenvalue weighted by Crippen LogP contribution is -2.60. The summed E-state index contributed by atoms with van der Waals surface area (Å²) >= 11 is 5.64. The Bertz CT molecular complexity index is 1080. The number of pyridine rings is 1. The van der Waals surface area contributed by atoms with Crippen molar-refractivity contribution in [2.24, 2.45) is 5.41 Å². The second-order valence-electron chi connectivity index (χ2n) is 9.19. The lowest BCUT2D eigenvalue weighted by molar-refractivity contribution is -0.140. The van der Waals surface area contributed by atoms with Crippen LogP contribution in [-0.2, 0) is 22.3 Å². The van der Waals surface area contributed by atoms with Gasteiger partial charge >= 0.3 is 6.18 Å². The molecule has 5 rings (SSSR count). The Labute approximate surface area is 204 Å². The number of alkyl halides is 3. The molecule has 0 spiro atoms. The molecule has 2 aromatic rings. The predicted octanol–water partition coefficient (Wildman–Crippen LogP) is 4.80. The summed E-state index contributed by atoms with van der Waals surface area (Å²) in [5, 5.41) is 5.81. The standard InChI is InChI=1S/C24H24ClF4N3O3/c25-18-4-3-17(11-19(18)26)35-14-20(33)32-23-8-5-22(6-9-23,7-10-23)21(34)31-13-16-2-1-15(12-30-16)24(27,28)29/h1-4,11-12H,5-10,13-14H2,(H,31,34)(H,32,33). The molecule has 0 radical (unpaired) electrons. The molecule has 0 aliphatic heterocycles. The first-order valence-corrected chi connectivity index (χ1v) is 11.6. The monoisotopic (exact) mass is 513 g/mol. The van der Waals surface area contributed by atoms with Gasteiger partial charge in [-0.2, -0.15) is 13.2 Å². The van der Waals surface area contributed by atoms with Crippen molar-refractivity contribution < 1.29 is 31.9 Å². The van der Waals surface area contributed by atoms with E-state index in [1.807, 2.05) is 0 Å². The molecule has 3 aliphatic rings. The number of halogens is 5. The molecule has 3 saturated carbocycles. The molecule has 1 aromatic heterocycles. The fourth-order valence-corrected chi connectivity index (χ4v) is 4.93. The predicted molar refractivity (Wildman–Crippen MR) is 119 cm³/mol. The maximum absolute atomic E-state index is 13.5. The van der Waals surface area contributed by atoms with Gasteiger partial charge in [0.05, 0.1) is 22.8 Å². The minimum atomic E-state index is -4.46. The second-order valence-corrected chi connectivity index (χ2v) is 9.60. The number of carbonyl (C=O) groups excluding carboxylic acids is 2. The van der Waals surface area contributed by atoms with Crippen LogP contribution in [-0.4, -0.2) is 28.9 Å². The fraction of sp³-hybridized carbons (Fsp3) is 0.458. The van der Waals surface area contributed by atoms with Crippen LogP contribution in [0.5, 0.6) is 5.75 Å². The van der Waals surface area contributed by atoms with E-state index in [0.29, 0.717) is 44.2 Å². The Morgan fingerprint density at radius 2 is 1.74 bits per heavy atom. The van der Waals surface area contributed by atoms with E-state index in [-0.39, 0.29) is 35.7 Å². The van der Waals surface area contributed by atoms with Crippen LogP contribution in [0.1, 0.15) is 49.8 Å². The van der Waals surface area contributed by atoms with Gasteiger partial charge in [-0.05, 0) is 62.8 Å². The summed E-state index contributed by atoms with van der Waals surface area (Å²) in [7, 11) is 0. The maximum atomic E-state index is 13.5. The molecule has 2 bridgehead atoms. The summed E-state index contributed by atoms with van der Waals surface area (Å²) in [6.07, 6.45) is -0.0693. The smallest absolute Gasteiger partial charge is 0.417 e. The highest BCUT2D eigenvalue weighted by atomic mass is 35.5. The Balaban J connectivity index is 1.26. The normalized spacial score (nSPS) is 23.6. The zero-order valence-corrected chi connectivity index (χ0v) is 19.4. The molecule has 11 heteroatoms. The van der Waals surface area contributed by atoms with Crippen molar-refractivity contribution in [1.29, 1.82) is 0 Å². The SMILES string of the molecule is O=C(COc1ccc(Cl)c(F)c1)NC12CCC(C(=O)NCc3ccc(C(F)(F)F)cn3)(CC1)CC2. The highest BCUT2D eigenvalue weighted by Crippen LogP contribution is 2.52. The van der Waals surface area contributed by atoms with Gasteiger partial charge in [0.15, 0.2) is 6.61 Å². The summed E-state index contributed by atoms with van der Waals surface area (Å²) in [5.41, 5.74) is -1.47. The average Bonchev–Trinajstić information content (AvgIpc) is 2.84.